The van der Waals surface area contributed by atoms with Crippen LogP contribution in [0.15, 0.2) is 29.2 Å². The van der Waals surface area contributed by atoms with Crippen LogP contribution < -0.4 is 15.6 Å². The summed E-state index contributed by atoms with van der Waals surface area (Å²) in [5.74, 6) is -0.500. The van der Waals surface area contributed by atoms with Crippen LogP contribution in [0.5, 0.6) is 0 Å². The standard InChI is InChI=1S/C13H18FN3O2S/c14-10-4-1-2-7-13(10)20(18,19)17-12-6-3-5-11-9(12)8-15-16-11/h1-2,4,7,9,11-12,15-17H,3,5-6,8H2. The molecule has 7 heteroatoms. The van der Waals surface area contributed by atoms with Crippen molar-refractivity contribution in [2.24, 2.45) is 5.92 Å². The van der Waals surface area contributed by atoms with E-state index in [0.717, 1.165) is 31.9 Å². The lowest BCUT2D eigenvalue weighted by molar-refractivity contribution is 0.276. The Morgan fingerprint density at radius 1 is 1.25 bits per heavy atom. The third kappa shape index (κ3) is 2.58. The molecule has 5 nitrogen and oxygen atoms in total. The van der Waals surface area contributed by atoms with Gasteiger partial charge in [-0.05, 0) is 25.0 Å². The molecule has 0 radical (unpaired) electrons. The minimum Gasteiger partial charge on any atom is -0.257 e. The molecule has 1 heterocycles. The highest BCUT2D eigenvalue weighted by molar-refractivity contribution is 7.89. The topological polar surface area (TPSA) is 70.2 Å². The zero-order valence-electron chi connectivity index (χ0n) is 11.0. The molecule has 20 heavy (non-hydrogen) atoms. The van der Waals surface area contributed by atoms with Gasteiger partial charge >= 0.3 is 0 Å². The molecule has 2 fully saturated rings. The van der Waals surface area contributed by atoms with E-state index in [1.54, 1.807) is 0 Å². The van der Waals surface area contributed by atoms with Crippen molar-refractivity contribution in [3.63, 3.8) is 0 Å². The summed E-state index contributed by atoms with van der Waals surface area (Å²) in [5.41, 5.74) is 6.24. The predicted octanol–water partition coefficient (Wildman–Crippen LogP) is 0.749. The first-order valence-corrected chi connectivity index (χ1v) is 8.31. The molecule has 1 aliphatic carbocycles. The average molecular weight is 299 g/mol. The summed E-state index contributed by atoms with van der Waals surface area (Å²) in [7, 11) is -3.81. The Labute approximate surface area is 118 Å². The molecule has 3 unspecified atom stereocenters. The lowest BCUT2D eigenvalue weighted by Crippen LogP contribution is -2.48. The van der Waals surface area contributed by atoms with Crippen LogP contribution in [0.3, 0.4) is 0 Å². The van der Waals surface area contributed by atoms with Gasteiger partial charge in [-0.25, -0.2) is 17.5 Å². The summed E-state index contributed by atoms with van der Waals surface area (Å²) in [5, 5.41) is 0. The Balaban J connectivity index is 1.81. The van der Waals surface area contributed by atoms with E-state index in [1.807, 2.05) is 0 Å². The van der Waals surface area contributed by atoms with Crippen molar-refractivity contribution >= 4 is 10.0 Å². The van der Waals surface area contributed by atoms with Gasteiger partial charge in [-0.1, -0.05) is 18.6 Å². The van der Waals surface area contributed by atoms with Crippen molar-refractivity contribution in [2.45, 2.75) is 36.2 Å². The van der Waals surface area contributed by atoms with Crippen molar-refractivity contribution in [3.05, 3.63) is 30.1 Å². The number of benzene rings is 1. The summed E-state index contributed by atoms with van der Waals surface area (Å²) in [6.45, 7) is 0.731. The minimum absolute atomic E-state index is 0.152. The second-order valence-corrected chi connectivity index (χ2v) is 7.07. The van der Waals surface area contributed by atoms with E-state index in [0.29, 0.717) is 0 Å². The maximum atomic E-state index is 13.7. The highest BCUT2D eigenvalue weighted by atomic mass is 32.2. The van der Waals surface area contributed by atoms with Crippen molar-refractivity contribution in [3.8, 4) is 0 Å². The van der Waals surface area contributed by atoms with Crippen LogP contribution >= 0.6 is 0 Å². The molecule has 110 valence electrons. The number of hydrogen-bond donors (Lipinski definition) is 3. The maximum absolute atomic E-state index is 13.7. The first-order chi connectivity index (χ1) is 9.58. The van der Waals surface area contributed by atoms with E-state index < -0.39 is 15.8 Å². The zero-order chi connectivity index (χ0) is 14.2. The quantitative estimate of drug-likeness (QED) is 0.770. The summed E-state index contributed by atoms with van der Waals surface area (Å²) in [6.07, 6.45) is 2.79. The maximum Gasteiger partial charge on any atom is 0.243 e. The van der Waals surface area contributed by atoms with Gasteiger partial charge < -0.3 is 0 Å². The van der Waals surface area contributed by atoms with Gasteiger partial charge in [0.25, 0.3) is 0 Å². The summed E-state index contributed by atoms with van der Waals surface area (Å²) in [4.78, 5) is -0.277. The molecule has 2 aliphatic rings. The normalized spacial score (nSPS) is 30.1. The Morgan fingerprint density at radius 2 is 2.05 bits per heavy atom. The van der Waals surface area contributed by atoms with Crippen LogP contribution in [0, 0.1) is 11.7 Å². The summed E-state index contributed by atoms with van der Waals surface area (Å²) < 4.78 is 41.0. The SMILES string of the molecule is O=S(=O)(NC1CCCC2NNCC21)c1ccccc1F. The highest BCUT2D eigenvalue weighted by Crippen LogP contribution is 2.28. The number of rotatable bonds is 3. The number of hydrogen-bond acceptors (Lipinski definition) is 4. The van der Waals surface area contributed by atoms with Gasteiger partial charge in [-0.2, -0.15) is 0 Å². The van der Waals surface area contributed by atoms with Gasteiger partial charge in [0.05, 0.1) is 0 Å². The van der Waals surface area contributed by atoms with Gasteiger partial charge in [0.15, 0.2) is 0 Å². The minimum atomic E-state index is -3.81. The molecule has 1 saturated heterocycles. The van der Waals surface area contributed by atoms with Crippen molar-refractivity contribution in [1.82, 2.24) is 15.6 Å². The van der Waals surface area contributed by atoms with E-state index in [4.69, 9.17) is 0 Å². The molecule has 1 aromatic rings. The molecule has 1 aliphatic heterocycles. The predicted molar refractivity (Wildman–Crippen MR) is 72.8 cm³/mol. The average Bonchev–Trinajstić information content (AvgIpc) is 2.88. The zero-order valence-corrected chi connectivity index (χ0v) is 11.8. The van der Waals surface area contributed by atoms with Gasteiger partial charge in [0.1, 0.15) is 10.7 Å². The van der Waals surface area contributed by atoms with Gasteiger partial charge in [0, 0.05) is 24.5 Å². The Hall–Kier alpha value is -1.02. The highest BCUT2D eigenvalue weighted by Gasteiger charge is 2.38. The van der Waals surface area contributed by atoms with Crippen molar-refractivity contribution in [2.75, 3.05) is 6.54 Å². The Kier molecular flexibility index (Phi) is 3.76. The molecular formula is C13H18FN3O2S. The first kappa shape index (κ1) is 13.9. The fourth-order valence-corrected chi connectivity index (χ4v) is 4.51. The third-order valence-corrected chi connectivity index (χ3v) is 5.64. The number of fused-ring (bicyclic) bond motifs is 1. The first-order valence-electron chi connectivity index (χ1n) is 6.83. The van der Waals surface area contributed by atoms with Crippen molar-refractivity contribution in [1.29, 1.82) is 0 Å². The van der Waals surface area contributed by atoms with Gasteiger partial charge in [-0.15, -0.1) is 0 Å². The van der Waals surface area contributed by atoms with E-state index in [2.05, 4.69) is 15.6 Å². The van der Waals surface area contributed by atoms with Crippen LogP contribution in [0.2, 0.25) is 0 Å². The lowest BCUT2D eigenvalue weighted by Gasteiger charge is -2.32. The summed E-state index contributed by atoms with van der Waals surface area (Å²) >= 11 is 0. The third-order valence-electron chi connectivity index (χ3n) is 4.12. The molecular weight excluding hydrogens is 281 g/mol. The monoisotopic (exact) mass is 299 g/mol. The lowest BCUT2D eigenvalue weighted by atomic mass is 9.82. The molecule has 0 spiro atoms. The van der Waals surface area contributed by atoms with Crippen LogP contribution in [0.4, 0.5) is 4.39 Å². The van der Waals surface area contributed by atoms with Crippen molar-refractivity contribution < 1.29 is 12.8 Å². The van der Waals surface area contributed by atoms with Crippen LogP contribution in [-0.4, -0.2) is 27.0 Å². The molecule has 1 aromatic carbocycles. The number of halogens is 1. The van der Waals surface area contributed by atoms with Crippen LogP contribution in [0.1, 0.15) is 19.3 Å². The second-order valence-electron chi connectivity index (χ2n) is 5.38. The van der Waals surface area contributed by atoms with Crippen LogP contribution in [-0.2, 0) is 10.0 Å². The fraction of sp³-hybridized carbons (Fsp3) is 0.538. The molecule has 1 saturated carbocycles. The number of sulfonamides is 1. The van der Waals surface area contributed by atoms with E-state index in [1.165, 1.54) is 18.2 Å². The smallest absolute Gasteiger partial charge is 0.243 e. The molecule has 3 N–H and O–H groups in total. The number of nitrogens with one attached hydrogen (secondary N) is 3. The molecule has 3 rings (SSSR count). The second kappa shape index (κ2) is 5.40. The van der Waals surface area contributed by atoms with Crippen LogP contribution in [0.25, 0.3) is 0 Å². The van der Waals surface area contributed by atoms with Gasteiger partial charge in [-0.3, -0.25) is 10.9 Å². The Morgan fingerprint density at radius 3 is 2.85 bits per heavy atom. The Bertz CT molecular complexity index is 593. The molecule has 0 bridgehead atoms. The van der Waals surface area contributed by atoms with E-state index >= 15 is 0 Å². The van der Waals surface area contributed by atoms with E-state index in [-0.39, 0.29) is 22.9 Å². The largest absolute Gasteiger partial charge is 0.257 e. The fourth-order valence-electron chi connectivity index (χ4n) is 3.11. The molecule has 0 amide bonds. The van der Waals surface area contributed by atoms with Gasteiger partial charge in [0.2, 0.25) is 10.0 Å². The van der Waals surface area contributed by atoms with E-state index in [9.17, 15) is 12.8 Å². The molecule has 0 aromatic heterocycles. The number of hydrazine groups is 1. The molecule has 3 atom stereocenters. The summed E-state index contributed by atoms with van der Waals surface area (Å²) in [6, 6.07) is 5.61.